The first-order valence-corrected chi connectivity index (χ1v) is 7.79. The molecule has 1 heterocycles. The van der Waals surface area contributed by atoms with E-state index in [0.717, 1.165) is 27.7 Å². The maximum Gasteiger partial charge on any atom is 0.349 e. The van der Waals surface area contributed by atoms with Gasteiger partial charge in [0.15, 0.2) is 5.13 Å². The highest BCUT2D eigenvalue weighted by Gasteiger charge is 2.12. The van der Waals surface area contributed by atoms with E-state index in [-0.39, 0.29) is 12.3 Å². The third-order valence-electron chi connectivity index (χ3n) is 3.32. The Morgan fingerprint density at radius 2 is 1.96 bits per heavy atom. The van der Waals surface area contributed by atoms with Crippen molar-refractivity contribution in [1.82, 2.24) is 4.98 Å². The number of rotatable bonds is 4. The van der Waals surface area contributed by atoms with Gasteiger partial charge in [-0.2, -0.15) is 0 Å². The van der Waals surface area contributed by atoms with Crippen LogP contribution in [0.1, 0.15) is 15.2 Å². The normalized spacial score (nSPS) is 10.5. The van der Waals surface area contributed by atoms with Crippen molar-refractivity contribution >= 4 is 39.1 Å². The van der Waals surface area contributed by atoms with Gasteiger partial charge in [-0.3, -0.25) is 4.79 Å². The van der Waals surface area contributed by atoms with Gasteiger partial charge in [0.1, 0.15) is 4.88 Å². The monoisotopic (exact) mass is 326 g/mol. The van der Waals surface area contributed by atoms with Crippen LogP contribution in [-0.4, -0.2) is 24.0 Å². The van der Waals surface area contributed by atoms with E-state index in [1.54, 1.807) is 0 Å². The summed E-state index contributed by atoms with van der Waals surface area (Å²) in [6, 6.07) is 13.9. The summed E-state index contributed by atoms with van der Waals surface area (Å²) in [4.78, 5) is 27.8. The number of hydrogen-bond acceptors (Lipinski definition) is 5. The van der Waals surface area contributed by atoms with Gasteiger partial charge in [-0.05, 0) is 16.3 Å². The SMILES string of the molecule is COC(=O)c1cnc(NC(=O)Cc2ccc3ccccc3c2)s1. The number of benzene rings is 2. The number of anilines is 1. The number of carbonyl (C=O) groups is 2. The van der Waals surface area contributed by atoms with Crippen LogP contribution >= 0.6 is 11.3 Å². The van der Waals surface area contributed by atoms with E-state index in [9.17, 15) is 9.59 Å². The largest absolute Gasteiger partial charge is 0.465 e. The van der Waals surface area contributed by atoms with Crippen LogP contribution in [0.15, 0.2) is 48.7 Å². The lowest BCUT2D eigenvalue weighted by Gasteiger charge is -2.04. The molecular weight excluding hydrogens is 312 g/mol. The van der Waals surface area contributed by atoms with Crippen molar-refractivity contribution in [1.29, 1.82) is 0 Å². The average molecular weight is 326 g/mol. The summed E-state index contributed by atoms with van der Waals surface area (Å²) in [5, 5.41) is 5.32. The van der Waals surface area contributed by atoms with E-state index in [4.69, 9.17) is 0 Å². The molecule has 5 nitrogen and oxygen atoms in total. The quantitative estimate of drug-likeness (QED) is 0.747. The maximum absolute atomic E-state index is 12.1. The van der Waals surface area contributed by atoms with Crippen LogP contribution < -0.4 is 5.32 Å². The standard InChI is InChI=1S/C17H14N2O3S/c1-22-16(21)14-10-18-17(23-14)19-15(20)9-11-6-7-12-4-2-3-5-13(12)8-11/h2-8,10H,9H2,1H3,(H,18,19,20). The van der Waals surface area contributed by atoms with Gasteiger partial charge in [0.25, 0.3) is 0 Å². The number of amides is 1. The molecule has 0 bridgehead atoms. The fourth-order valence-electron chi connectivity index (χ4n) is 2.22. The molecule has 0 fully saturated rings. The zero-order valence-corrected chi connectivity index (χ0v) is 13.2. The highest BCUT2D eigenvalue weighted by molar-refractivity contribution is 7.17. The smallest absolute Gasteiger partial charge is 0.349 e. The molecule has 0 saturated heterocycles. The van der Waals surface area contributed by atoms with Crippen LogP contribution in [0.4, 0.5) is 5.13 Å². The second-order valence-electron chi connectivity index (χ2n) is 4.93. The Morgan fingerprint density at radius 3 is 2.74 bits per heavy atom. The molecule has 0 radical (unpaired) electrons. The van der Waals surface area contributed by atoms with Crippen molar-refractivity contribution in [3.8, 4) is 0 Å². The van der Waals surface area contributed by atoms with E-state index in [1.807, 2.05) is 42.5 Å². The summed E-state index contributed by atoms with van der Waals surface area (Å²) in [7, 11) is 1.31. The Balaban J connectivity index is 1.68. The van der Waals surface area contributed by atoms with Crippen LogP contribution in [-0.2, 0) is 16.0 Å². The number of esters is 1. The van der Waals surface area contributed by atoms with Gasteiger partial charge in [-0.15, -0.1) is 0 Å². The highest BCUT2D eigenvalue weighted by Crippen LogP contribution is 2.20. The van der Waals surface area contributed by atoms with Crippen LogP contribution in [0.3, 0.4) is 0 Å². The molecule has 1 aromatic heterocycles. The Morgan fingerprint density at radius 1 is 1.17 bits per heavy atom. The van der Waals surface area contributed by atoms with Crippen molar-refractivity contribution in [2.45, 2.75) is 6.42 Å². The highest BCUT2D eigenvalue weighted by atomic mass is 32.1. The molecule has 1 N–H and O–H groups in total. The summed E-state index contributed by atoms with van der Waals surface area (Å²) in [5.74, 6) is -0.636. The predicted molar refractivity (Wildman–Crippen MR) is 89.7 cm³/mol. The lowest BCUT2D eigenvalue weighted by atomic mass is 10.1. The summed E-state index contributed by atoms with van der Waals surface area (Å²) in [6.45, 7) is 0. The molecule has 0 aliphatic rings. The van der Waals surface area contributed by atoms with Gasteiger partial charge < -0.3 is 10.1 Å². The van der Waals surface area contributed by atoms with Crippen LogP contribution in [0, 0.1) is 0 Å². The minimum atomic E-state index is -0.461. The molecule has 0 atom stereocenters. The first-order valence-electron chi connectivity index (χ1n) is 6.97. The van der Waals surface area contributed by atoms with Crippen molar-refractivity contribution < 1.29 is 14.3 Å². The average Bonchev–Trinajstić information content (AvgIpc) is 3.02. The van der Waals surface area contributed by atoms with Gasteiger partial charge in [-0.25, -0.2) is 9.78 Å². The summed E-state index contributed by atoms with van der Waals surface area (Å²) in [6.07, 6.45) is 1.64. The molecule has 2 aromatic carbocycles. The lowest BCUT2D eigenvalue weighted by Crippen LogP contribution is -2.14. The lowest BCUT2D eigenvalue weighted by molar-refractivity contribution is -0.115. The molecule has 0 aliphatic carbocycles. The number of thiazole rings is 1. The van der Waals surface area contributed by atoms with Crippen molar-refractivity contribution in [3.05, 3.63) is 59.1 Å². The third-order valence-corrected chi connectivity index (χ3v) is 4.21. The molecule has 3 rings (SSSR count). The summed E-state index contributed by atoms with van der Waals surface area (Å²) >= 11 is 1.09. The Hall–Kier alpha value is -2.73. The number of carbonyl (C=O) groups excluding carboxylic acids is 2. The molecule has 0 spiro atoms. The van der Waals surface area contributed by atoms with Crippen LogP contribution in [0.5, 0.6) is 0 Å². The van der Waals surface area contributed by atoms with Gasteiger partial charge in [0.05, 0.1) is 19.7 Å². The number of hydrogen-bond donors (Lipinski definition) is 1. The number of ether oxygens (including phenoxy) is 1. The van der Waals surface area contributed by atoms with Gasteiger partial charge in [-0.1, -0.05) is 53.8 Å². The van der Waals surface area contributed by atoms with E-state index in [0.29, 0.717) is 10.0 Å². The Kier molecular flexibility index (Phi) is 4.34. The zero-order chi connectivity index (χ0) is 16.2. The van der Waals surface area contributed by atoms with E-state index < -0.39 is 5.97 Å². The molecule has 1 amide bonds. The first kappa shape index (κ1) is 15.2. The van der Waals surface area contributed by atoms with E-state index >= 15 is 0 Å². The van der Waals surface area contributed by atoms with Crippen molar-refractivity contribution in [2.75, 3.05) is 12.4 Å². The minimum Gasteiger partial charge on any atom is -0.465 e. The summed E-state index contributed by atoms with van der Waals surface area (Å²) < 4.78 is 4.61. The molecule has 0 aliphatic heterocycles. The second kappa shape index (κ2) is 6.58. The van der Waals surface area contributed by atoms with Crippen molar-refractivity contribution in [2.24, 2.45) is 0 Å². The molecule has 116 valence electrons. The van der Waals surface area contributed by atoms with Gasteiger partial charge in [0, 0.05) is 0 Å². The van der Waals surface area contributed by atoms with Crippen LogP contribution in [0.25, 0.3) is 10.8 Å². The topological polar surface area (TPSA) is 68.3 Å². The number of aromatic nitrogens is 1. The minimum absolute atomic E-state index is 0.175. The molecule has 0 saturated carbocycles. The number of nitrogens with one attached hydrogen (secondary N) is 1. The zero-order valence-electron chi connectivity index (χ0n) is 12.4. The fraction of sp³-hybridized carbons (Fsp3) is 0.118. The molecule has 6 heteroatoms. The molecule has 0 unspecified atom stereocenters. The van der Waals surface area contributed by atoms with E-state index in [2.05, 4.69) is 15.0 Å². The maximum atomic E-state index is 12.1. The first-order chi connectivity index (χ1) is 11.2. The van der Waals surface area contributed by atoms with Gasteiger partial charge in [0.2, 0.25) is 5.91 Å². The van der Waals surface area contributed by atoms with Gasteiger partial charge >= 0.3 is 5.97 Å². The predicted octanol–water partition coefficient (Wildman–Crippen LogP) is 3.26. The fourth-order valence-corrected chi connectivity index (χ4v) is 2.98. The molecule has 23 heavy (non-hydrogen) atoms. The molecule has 3 aromatic rings. The molecular formula is C17H14N2O3S. The number of fused-ring (bicyclic) bond motifs is 1. The Bertz CT molecular complexity index is 873. The Labute approximate surface area is 136 Å². The second-order valence-corrected chi connectivity index (χ2v) is 5.96. The van der Waals surface area contributed by atoms with E-state index in [1.165, 1.54) is 13.3 Å². The third kappa shape index (κ3) is 3.54. The van der Waals surface area contributed by atoms with Crippen LogP contribution in [0.2, 0.25) is 0 Å². The summed E-state index contributed by atoms with van der Waals surface area (Å²) in [5.41, 5.74) is 0.922. The number of nitrogens with zero attached hydrogens (tertiary/aromatic N) is 1. The number of methoxy groups -OCH3 is 1. The van der Waals surface area contributed by atoms with Crippen molar-refractivity contribution in [3.63, 3.8) is 0 Å².